The molecule has 38 heavy (non-hydrogen) atoms. The second-order valence-electron chi connectivity index (χ2n) is 11.8. The van der Waals surface area contributed by atoms with Gasteiger partial charge in [0.15, 0.2) is 0 Å². The number of hydrogen-bond acceptors (Lipinski definition) is 5. The van der Waals surface area contributed by atoms with Crippen LogP contribution in [0.15, 0.2) is 47.4 Å². The van der Waals surface area contributed by atoms with Crippen LogP contribution in [-0.2, 0) is 22.5 Å². The van der Waals surface area contributed by atoms with E-state index < -0.39 is 5.41 Å². The molecule has 0 bridgehead atoms. The number of rotatable bonds is 10. The molecule has 0 spiro atoms. The molecule has 2 heterocycles. The lowest BCUT2D eigenvalue weighted by molar-refractivity contribution is -0.153. The third kappa shape index (κ3) is 7.08. The largest absolute Gasteiger partial charge is 0.492 e. The van der Waals surface area contributed by atoms with Gasteiger partial charge in [-0.1, -0.05) is 44.5 Å². The molecule has 1 atom stereocenters. The van der Waals surface area contributed by atoms with E-state index in [-0.39, 0.29) is 10.7 Å². The summed E-state index contributed by atoms with van der Waals surface area (Å²) >= 11 is 8.03. The molecule has 0 amide bonds. The molecule has 1 aliphatic rings. The summed E-state index contributed by atoms with van der Waals surface area (Å²) in [7, 11) is 0. The van der Waals surface area contributed by atoms with Gasteiger partial charge in [0, 0.05) is 50.3 Å². The molecule has 0 saturated carbocycles. The Morgan fingerprint density at radius 2 is 1.87 bits per heavy atom. The Kier molecular flexibility index (Phi) is 9.06. The van der Waals surface area contributed by atoms with Crippen LogP contribution in [0, 0.1) is 5.41 Å². The normalized spacial score (nSPS) is 16.2. The summed E-state index contributed by atoms with van der Waals surface area (Å²) in [6.45, 7) is 15.3. The number of fused-ring (bicyclic) bond motifs is 1. The van der Waals surface area contributed by atoms with Crippen molar-refractivity contribution in [2.45, 2.75) is 83.0 Å². The van der Waals surface area contributed by atoms with Gasteiger partial charge in [0.25, 0.3) is 0 Å². The number of nitrogens with zero attached hydrogens (tertiary/aromatic N) is 1. The van der Waals surface area contributed by atoms with E-state index in [1.54, 1.807) is 0 Å². The molecule has 1 fully saturated rings. The van der Waals surface area contributed by atoms with Crippen LogP contribution in [0.5, 0.6) is 5.75 Å². The maximum absolute atomic E-state index is 13.0. The lowest BCUT2D eigenvalue weighted by Gasteiger charge is -2.26. The summed E-state index contributed by atoms with van der Waals surface area (Å²) in [6, 6.07) is 14.8. The summed E-state index contributed by atoms with van der Waals surface area (Å²) in [5.74, 6) is 0.699. The van der Waals surface area contributed by atoms with Crippen LogP contribution in [0.25, 0.3) is 10.9 Å². The first-order valence-corrected chi connectivity index (χ1v) is 14.8. The first-order chi connectivity index (χ1) is 18.0. The van der Waals surface area contributed by atoms with Crippen molar-refractivity contribution in [1.82, 2.24) is 9.88 Å². The number of halogens is 1. The molecule has 0 aliphatic carbocycles. The molecule has 0 radical (unpaired) electrons. The molecule has 1 aliphatic heterocycles. The Bertz CT molecular complexity index is 1250. The zero-order valence-electron chi connectivity index (χ0n) is 23.5. The molecule has 1 aromatic heterocycles. The first-order valence-electron chi connectivity index (χ1n) is 13.6. The van der Waals surface area contributed by atoms with Crippen LogP contribution in [0.3, 0.4) is 0 Å². The average molecular weight is 557 g/mol. The van der Waals surface area contributed by atoms with Crippen molar-refractivity contribution in [1.29, 1.82) is 0 Å². The fourth-order valence-electron chi connectivity index (χ4n) is 4.91. The second kappa shape index (κ2) is 11.9. The SMILES string of the molecule is CCOC(=O)C(C)(C)Cc1c(SC(C)(C)C)c2cc(OC[C@@H]3CCCN3)ccc2n1Cc1ccc(Cl)cc1. The number of benzene rings is 2. The lowest BCUT2D eigenvalue weighted by atomic mass is 9.87. The van der Waals surface area contributed by atoms with E-state index in [2.05, 4.69) is 61.0 Å². The van der Waals surface area contributed by atoms with Crippen molar-refractivity contribution in [3.05, 3.63) is 58.7 Å². The van der Waals surface area contributed by atoms with Gasteiger partial charge in [-0.05, 0) is 76.1 Å². The van der Waals surface area contributed by atoms with Crippen LogP contribution in [0.4, 0.5) is 0 Å². The quantitative estimate of drug-likeness (QED) is 0.207. The predicted molar refractivity (Wildman–Crippen MR) is 159 cm³/mol. The van der Waals surface area contributed by atoms with Gasteiger partial charge in [0.2, 0.25) is 0 Å². The van der Waals surface area contributed by atoms with E-state index in [1.807, 2.05) is 44.7 Å². The van der Waals surface area contributed by atoms with Gasteiger partial charge < -0.3 is 19.4 Å². The van der Waals surface area contributed by atoms with Gasteiger partial charge >= 0.3 is 5.97 Å². The van der Waals surface area contributed by atoms with Crippen LogP contribution in [0.1, 0.15) is 65.6 Å². The average Bonchev–Trinajstić information content (AvgIpc) is 3.46. The minimum Gasteiger partial charge on any atom is -0.492 e. The minimum absolute atomic E-state index is 0.0210. The summed E-state index contributed by atoms with van der Waals surface area (Å²) in [4.78, 5) is 14.2. The van der Waals surface area contributed by atoms with Gasteiger partial charge in [-0.15, -0.1) is 11.8 Å². The van der Waals surface area contributed by atoms with Crippen molar-refractivity contribution in [3.63, 3.8) is 0 Å². The number of carbonyl (C=O) groups is 1. The summed E-state index contributed by atoms with van der Waals surface area (Å²) < 4.78 is 14.1. The number of ether oxygens (including phenoxy) is 2. The molecule has 2 aromatic carbocycles. The van der Waals surface area contributed by atoms with Crippen LogP contribution < -0.4 is 10.1 Å². The number of esters is 1. The second-order valence-corrected chi connectivity index (χ2v) is 14.0. The van der Waals surface area contributed by atoms with Gasteiger partial charge in [-0.3, -0.25) is 4.79 Å². The third-order valence-corrected chi connectivity index (χ3v) is 8.33. The van der Waals surface area contributed by atoms with Crippen molar-refractivity contribution >= 4 is 40.2 Å². The number of aromatic nitrogens is 1. The molecule has 3 aromatic rings. The molecular formula is C31H41ClN2O3S. The summed E-state index contributed by atoms with van der Waals surface area (Å²) in [5, 5.41) is 5.39. The molecule has 0 unspecified atom stereocenters. The fourth-order valence-corrected chi connectivity index (χ4v) is 6.22. The van der Waals surface area contributed by atoms with Gasteiger partial charge in [-0.25, -0.2) is 0 Å². The van der Waals surface area contributed by atoms with Crippen molar-refractivity contribution in [3.8, 4) is 5.75 Å². The van der Waals surface area contributed by atoms with Crippen molar-refractivity contribution in [2.75, 3.05) is 19.8 Å². The van der Waals surface area contributed by atoms with E-state index in [4.69, 9.17) is 21.1 Å². The molecule has 1 N–H and O–H groups in total. The fraction of sp³-hybridized carbons (Fsp3) is 0.516. The lowest BCUT2D eigenvalue weighted by Crippen LogP contribution is -2.30. The smallest absolute Gasteiger partial charge is 0.311 e. The Labute approximate surface area is 236 Å². The Morgan fingerprint density at radius 3 is 2.50 bits per heavy atom. The van der Waals surface area contributed by atoms with E-state index in [9.17, 15) is 4.79 Å². The number of hydrogen-bond donors (Lipinski definition) is 1. The highest BCUT2D eigenvalue weighted by Crippen LogP contribution is 2.44. The number of nitrogens with one attached hydrogen (secondary N) is 1. The maximum atomic E-state index is 13.0. The van der Waals surface area contributed by atoms with Gasteiger partial charge in [-0.2, -0.15) is 0 Å². The molecular weight excluding hydrogens is 516 g/mol. The molecule has 1 saturated heterocycles. The monoisotopic (exact) mass is 556 g/mol. The topological polar surface area (TPSA) is 52.5 Å². The van der Waals surface area contributed by atoms with E-state index in [1.165, 1.54) is 11.3 Å². The minimum atomic E-state index is -0.678. The highest BCUT2D eigenvalue weighted by molar-refractivity contribution is 8.00. The predicted octanol–water partition coefficient (Wildman–Crippen LogP) is 7.50. The Balaban J connectivity index is 1.83. The highest BCUT2D eigenvalue weighted by Gasteiger charge is 2.34. The number of carbonyl (C=O) groups excluding carboxylic acids is 1. The molecule has 7 heteroatoms. The van der Waals surface area contributed by atoms with E-state index in [0.29, 0.717) is 32.2 Å². The van der Waals surface area contributed by atoms with Gasteiger partial charge in [0.1, 0.15) is 12.4 Å². The van der Waals surface area contributed by atoms with Crippen LogP contribution in [0.2, 0.25) is 5.02 Å². The van der Waals surface area contributed by atoms with E-state index in [0.717, 1.165) is 45.9 Å². The van der Waals surface area contributed by atoms with E-state index >= 15 is 0 Å². The zero-order valence-corrected chi connectivity index (χ0v) is 25.1. The van der Waals surface area contributed by atoms with Crippen molar-refractivity contribution in [2.24, 2.45) is 5.41 Å². The van der Waals surface area contributed by atoms with Crippen LogP contribution in [-0.4, -0.2) is 41.1 Å². The van der Waals surface area contributed by atoms with Crippen LogP contribution >= 0.6 is 23.4 Å². The maximum Gasteiger partial charge on any atom is 0.311 e. The van der Waals surface area contributed by atoms with Gasteiger partial charge in [0.05, 0.1) is 12.0 Å². The first kappa shape index (κ1) is 28.8. The molecule has 4 rings (SSSR count). The van der Waals surface area contributed by atoms with Crippen molar-refractivity contribution < 1.29 is 14.3 Å². The molecule has 206 valence electrons. The molecule has 5 nitrogen and oxygen atoms in total. The summed E-state index contributed by atoms with van der Waals surface area (Å²) in [5.41, 5.74) is 2.75. The standard InChI is InChI=1S/C31H41ClN2O3S/c1-7-36-29(35)31(5,6)18-27-28(38-30(2,3)4)25-17-24(37-20-23-9-8-16-33-23)14-15-26(25)34(27)19-21-10-12-22(32)13-11-21/h10-15,17,23,33H,7-9,16,18-20H2,1-6H3/t23-/m0/s1. The highest BCUT2D eigenvalue weighted by atomic mass is 35.5. The summed E-state index contributed by atoms with van der Waals surface area (Å²) in [6.07, 6.45) is 2.92. The third-order valence-electron chi connectivity index (χ3n) is 6.80. The zero-order chi connectivity index (χ0) is 27.5. The number of thioether (sulfide) groups is 1. The Hall–Kier alpha value is -2.15. The Morgan fingerprint density at radius 1 is 1.13 bits per heavy atom.